The summed E-state index contributed by atoms with van der Waals surface area (Å²) in [6, 6.07) is 8.23. The lowest BCUT2D eigenvalue weighted by Gasteiger charge is -2.52. The maximum Gasteiger partial charge on any atom is 0.203 e. The number of aliphatic hydroxyl groups is 1. The average Bonchev–Trinajstić information content (AvgIpc) is 3.47. The molecule has 2 aliphatic rings. The first-order valence-corrected chi connectivity index (χ1v) is 12.3. The van der Waals surface area contributed by atoms with Gasteiger partial charge in [-0.3, -0.25) is 0 Å². The topological polar surface area (TPSA) is 79.5 Å². The van der Waals surface area contributed by atoms with E-state index in [0.29, 0.717) is 12.3 Å². The van der Waals surface area contributed by atoms with Gasteiger partial charge in [0.05, 0.1) is 18.1 Å². The maximum absolute atomic E-state index is 10.9. The Morgan fingerprint density at radius 1 is 1.16 bits per heavy atom. The lowest BCUT2D eigenvalue weighted by atomic mass is 9.72. The molecule has 3 unspecified atom stereocenters. The summed E-state index contributed by atoms with van der Waals surface area (Å²) in [6.07, 6.45) is 10.7. The van der Waals surface area contributed by atoms with Crippen LogP contribution in [0.3, 0.4) is 0 Å². The predicted molar refractivity (Wildman–Crippen MR) is 125 cm³/mol. The molecule has 6 heteroatoms. The molecular weight excluding hydrogens is 404 g/mol. The summed E-state index contributed by atoms with van der Waals surface area (Å²) in [7, 11) is 3.42. The van der Waals surface area contributed by atoms with Gasteiger partial charge in [-0.15, -0.1) is 0 Å². The van der Waals surface area contributed by atoms with Crippen LogP contribution < -0.4 is 0 Å². The minimum atomic E-state index is -0.975. The third-order valence-electron chi connectivity index (χ3n) is 7.52. The number of nitrogens with one attached hydrogen (secondary N) is 2. The molecule has 0 aromatic carbocycles. The van der Waals surface area contributed by atoms with E-state index in [9.17, 15) is 5.11 Å². The molecule has 178 valence electrons. The van der Waals surface area contributed by atoms with Crippen LogP contribution in [0.5, 0.6) is 0 Å². The van der Waals surface area contributed by atoms with Crippen LogP contribution in [0.25, 0.3) is 0 Å². The second-order valence-corrected chi connectivity index (χ2v) is 9.67. The van der Waals surface area contributed by atoms with Gasteiger partial charge in [0.1, 0.15) is 6.10 Å². The van der Waals surface area contributed by atoms with Crippen molar-refractivity contribution < 1.29 is 19.3 Å². The molecule has 4 rings (SSSR count). The molecule has 0 saturated carbocycles. The number of aryl methyl sites for hydroxylation is 1. The van der Waals surface area contributed by atoms with Gasteiger partial charge >= 0.3 is 0 Å². The molecule has 0 aliphatic carbocycles. The van der Waals surface area contributed by atoms with Crippen LogP contribution in [0.1, 0.15) is 87.4 Å². The normalized spacial score (nSPS) is 31.2. The van der Waals surface area contributed by atoms with E-state index < -0.39 is 18.0 Å². The maximum atomic E-state index is 10.9. The monoisotopic (exact) mass is 444 g/mol. The van der Waals surface area contributed by atoms with Gasteiger partial charge in [-0.05, 0) is 62.8 Å². The Hall–Kier alpha value is -1.60. The van der Waals surface area contributed by atoms with E-state index in [-0.39, 0.29) is 12.0 Å². The van der Waals surface area contributed by atoms with Crippen LogP contribution in [0, 0.1) is 5.92 Å². The van der Waals surface area contributed by atoms with Gasteiger partial charge in [-0.2, -0.15) is 0 Å². The molecule has 3 N–H and O–H groups in total. The molecule has 2 aliphatic heterocycles. The molecule has 1 fully saturated rings. The highest BCUT2D eigenvalue weighted by molar-refractivity contribution is 5.23. The van der Waals surface area contributed by atoms with Gasteiger partial charge in [-0.25, -0.2) is 0 Å². The van der Waals surface area contributed by atoms with Crippen LogP contribution in [0.15, 0.2) is 30.5 Å². The number of hydrogen-bond donors (Lipinski definition) is 3. The number of aromatic amines is 2. The van der Waals surface area contributed by atoms with Crippen LogP contribution in [-0.4, -0.2) is 47.3 Å². The number of aromatic nitrogens is 2. The number of fused-ring (bicyclic) bond motifs is 4. The van der Waals surface area contributed by atoms with Crippen molar-refractivity contribution in [3.63, 3.8) is 0 Å². The summed E-state index contributed by atoms with van der Waals surface area (Å²) < 4.78 is 19.0. The molecule has 2 bridgehead atoms. The first-order valence-electron chi connectivity index (χ1n) is 12.3. The molecule has 4 heterocycles. The van der Waals surface area contributed by atoms with Crippen molar-refractivity contribution in [2.24, 2.45) is 5.92 Å². The fourth-order valence-corrected chi connectivity index (χ4v) is 6.01. The Kier molecular flexibility index (Phi) is 7.77. The highest BCUT2D eigenvalue weighted by Gasteiger charge is 2.56. The summed E-state index contributed by atoms with van der Waals surface area (Å²) in [5.74, 6) is -0.542. The molecule has 0 radical (unpaired) electrons. The smallest absolute Gasteiger partial charge is 0.203 e. The highest BCUT2D eigenvalue weighted by atomic mass is 16.7. The predicted octanol–water partition coefficient (Wildman–Crippen LogP) is 5.23. The third kappa shape index (κ3) is 4.84. The Morgan fingerprint density at radius 2 is 1.97 bits per heavy atom. The van der Waals surface area contributed by atoms with Crippen molar-refractivity contribution in [2.45, 2.75) is 94.7 Å². The highest BCUT2D eigenvalue weighted by Crippen LogP contribution is 2.50. The largest absolute Gasteiger partial charge is 0.387 e. The van der Waals surface area contributed by atoms with Crippen molar-refractivity contribution in [3.8, 4) is 0 Å². The quantitative estimate of drug-likeness (QED) is 0.570. The van der Waals surface area contributed by atoms with E-state index in [4.69, 9.17) is 14.2 Å². The summed E-state index contributed by atoms with van der Waals surface area (Å²) in [5.41, 5.74) is 3.22. The Morgan fingerprint density at radius 3 is 2.72 bits per heavy atom. The van der Waals surface area contributed by atoms with Crippen molar-refractivity contribution in [1.29, 1.82) is 0 Å². The van der Waals surface area contributed by atoms with Gasteiger partial charge < -0.3 is 29.3 Å². The van der Waals surface area contributed by atoms with E-state index in [1.165, 1.54) is 37.8 Å². The number of aliphatic hydroxyl groups excluding tert-OH is 1. The third-order valence-corrected chi connectivity index (χ3v) is 7.52. The van der Waals surface area contributed by atoms with E-state index in [0.717, 1.165) is 30.7 Å². The van der Waals surface area contributed by atoms with Gasteiger partial charge in [0.2, 0.25) is 5.79 Å². The summed E-state index contributed by atoms with van der Waals surface area (Å²) in [6.45, 7) is 2.13. The summed E-state index contributed by atoms with van der Waals surface area (Å²) >= 11 is 0. The Labute approximate surface area is 192 Å². The molecule has 6 nitrogen and oxygen atoms in total. The van der Waals surface area contributed by atoms with E-state index in [1.807, 2.05) is 18.3 Å². The molecule has 0 spiro atoms. The van der Waals surface area contributed by atoms with E-state index in [1.54, 1.807) is 14.2 Å². The van der Waals surface area contributed by atoms with E-state index >= 15 is 0 Å². The number of ether oxygens (including phenoxy) is 3. The first kappa shape index (κ1) is 23.6. The second kappa shape index (κ2) is 10.6. The average molecular weight is 445 g/mol. The van der Waals surface area contributed by atoms with Crippen molar-refractivity contribution in [2.75, 3.05) is 14.2 Å². The molecule has 2 aromatic heterocycles. The standard InChI is InChI=1S/C26H40N2O4/c1-18-16-19-10-7-5-4-6-8-11-20-13-14-22(28-20)25(19)26(31-3,32-18)24(30-2)17-23(29)21-12-9-15-27-21/h9,12-15,18-19,23-25,27-29H,4-8,10-11,16-17H2,1-3H3/t18-,19-,23?,24?,25-,26?/m0/s1. The lowest BCUT2D eigenvalue weighted by Crippen LogP contribution is -2.59. The summed E-state index contributed by atoms with van der Waals surface area (Å²) in [5, 5.41) is 10.9. The number of rotatable bonds is 6. The fourth-order valence-electron chi connectivity index (χ4n) is 6.01. The van der Waals surface area contributed by atoms with Crippen molar-refractivity contribution in [1.82, 2.24) is 9.97 Å². The second-order valence-electron chi connectivity index (χ2n) is 9.67. The molecular formula is C26H40N2O4. The fraction of sp³-hybridized carbons (Fsp3) is 0.692. The zero-order valence-electron chi connectivity index (χ0n) is 19.8. The molecule has 6 atom stereocenters. The molecule has 2 aromatic rings. The minimum Gasteiger partial charge on any atom is -0.387 e. The zero-order valence-corrected chi connectivity index (χ0v) is 19.8. The van der Waals surface area contributed by atoms with Crippen molar-refractivity contribution in [3.05, 3.63) is 47.5 Å². The molecule has 1 saturated heterocycles. The minimum absolute atomic E-state index is 0.0117. The van der Waals surface area contributed by atoms with Crippen molar-refractivity contribution >= 4 is 0 Å². The first-order chi connectivity index (χ1) is 15.6. The zero-order chi connectivity index (χ0) is 22.6. The van der Waals surface area contributed by atoms with Crippen LogP contribution in [0.4, 0.5) is 0 Å². The van der Waals surface area contributed by atoms with Gasteiger partial charge in [0.15, 0.2) is 0 Å². The van der Waals surface area contributed by atoms with Crippen LogP contribution in [-0.2, 0) is 20.6 Å². The number of H-pyrrole nitrogens is 2. The van der Waals surface area contributed by atoms with E-state index in [2.05, 4.69) is 29.0 Å². The Bertz CT molecular complexity index is 820. The SMILES string of the molecule is COC(CC(O)c1ccc[nH]1)C1(OC)O[C@@H](C)C[C@@H]2CCCCCCCc3ccc([nH]3)[C@H]21. The molecule has 32 heavy (non-hydrogen) atoms. The van der Waals surface area contributed by atoms with Gasteiger partial charge in [0, 0.05) is 43.9 Å². The lowest BCUT2D eigenvalue weighted by molar-refractivity contribution is -0.333. The van der Waals surface area contributed by atoms with Crippen LogP contribution >= 0.6 is 0 Å². The Balaban J connectivity index is 1.71. The number of hydrogen-bond acceptors (Lipinski definition) is 4. The van der Waals surface area contributed by atoms with Gasteiger partial charge in [0.25, 0.3) is 0 Å². The number of methoxy groups -OCH3 is 2. The van der Waals surface area contributed by atoms with Crippen LogP contribution in [0.2, 0.25) is 0 Å². The van der Waals surface area contributed by atoms with Gasteiger partial charge in [-0.1, -0.05) is 25.7 Å². The summed E-state index contributed by atoms with van der Waals surface area (Å²) in [4.78, 5) is 6.83. The molecule has 0 amide bonds.